The van der Waals surface area contributed by atoms with Crippen LogP contribution in [0.15, 0.2) is 77.7 Å². The Hall–Kier alpha value is -3.00. The van der Waals surface area contributed by atoms with E-state index in [1.165, 1.54) is 28.6 Å². The summed E-state index contributed by atoms with van der Waals surface area (Å²) in [6, 6.07) is 19.7. The number of halogens is 1. The topological polar surface area (TPSA) is 80.8 Å². The molecule has 0 bridgehead atoms. The highest BCUT2D eigenvalue weighted by molar-refractivity contribution is 7.89. The van der Waals surface area contributed by atoms with E-state index in [9.17, 15) is 18.0 Å². The van der Waals surface area contributed by atoms with Crippen molar-refractivity contribution in [3.05, 3.63) is 100 Å². The molecule has 0 saturated carbocycles. The molecule has 4 rings (SSSR count). The third kappa shape index (κ3) is 4.75. The lowest BCUT2D eigenvalue weighted by Gasteiger charge is -2.28. The van der Waals surface area contributed by atoms with Gasteiger partial charge in [-0.25, -0.2) is 13.2 Å². The quantitative estimate of drug-likeness (QED) is 0.400. The molecule has 0 amide bonds. The van der Waals surface area contributed by atoms with E-state index in [0.29, 0.717) is 23.6 Å². The van der Waals surface area contributed by atoms with Gasteiger partial charge in [0.15, 0.2) is 12.4 Å². The van der Waals surface area contributed by atoms with Crippen LogP contribution in [0.2, 0.25) is 5.02 Å². The standard InChI is InChI=1S/C24H20ClNO5S/c25-21-10-8-18(9-11-21)23(27)16-31-24(28)19-6-3-7-22(14-19)32(29,30)26-13-12-17-4-1-2-5-20(17)15-26/h1-11,14H,12-13,15-16H2. The van der Waals surface area contributed by atoms with Crippen molar-refractivity contribution in [1.82, 2.24) is 4.31 Å². The normalized spacial score (nSPS) is 13.9. The zero-order valence-electron chi connectivity index (χ0n) is 17.0. The zero-order chi connectivity index (χ0) is 22.7. The van der Waals surface area contributed by atoms with Gasteiger partial charge >= 0.3 is 5.97 Å². The minimum atomic E-state index is -3.79. The molecule has 0 saturated heterocycles. The molecule has 0 unspecified atom stereocenters. The number of carbonyl (C=O) groups excluding carboxylic acids is 2. The van der Waals surface area contributed by atoms with E-state index < -0.39 is 22.6 Å². The molecule has 0 fully saturated rings. The fraction of sp³-hybridized carbons (Fsp3) is 0.167. The summed E-state index contributed by atoms with van der Waals surface area (Å²) in [4.78, 5) is 24.7. The summed E-state index contributed by atoms with van der Waals surface area (Å²) in [5, 5.41) is 0.494. The number of hydrogen-bond acceptors (Lipinski definition) is 5. The molecule has 164 valence electrons. The monoisotopic (exact) mass is 469 g/mol. The molecule has 1 heterocycles. The summed E-state index contributed by atoms with van der Waals surface area (Å²) in [7, 11) is -3.79. The van der Waals surface area contributed by atoms with Gasteiger partial charge in [-0.2, -0.15) is 4.31 Å². The molecule has 1 aliphatic rings. The van der Waals surface area contributed by atoms with Crippen LogP contribution in [0.25, 0.3) is 0 Å². The Labute approximate surface area is 191 Å². The van der Waals surface area contributed by atoms with Crippen LogP contribution in [0, 0.1) is 0 Å². The summed E-state index contributed by atoms with van der Waals surface area (Å²) in [6.45, 7) is 0.187. The van der Waals surface area contributed by atoms with E-state index in [0.717, 1.165) is 11.1 Å². The SMILES string of the molecule is O=C(COC(=O)c1cccc(S(=O)(=O)N2CCc3ccccc3C2)c1)c1ccc(Cl)cc1. The second-order valence-electron chi connectivity index (χ2n) is 7.39. The maximum atomic E-state index is 13.2. The fourth-order valence-corrected chi connectivity index (χ4v) is 5.13. The van der Waals surface area contributed by atoms with E-state index in [1.807, 2.05) is 24.3 Å². The van der Waals surface area contributed by atoms with Gasteiger partial charge in [0.1, 0.15) is 0 Å². The molecular formula is C24H20ClNO5S. The Morgan fingerprint density at radius 1 is 0.906 bits per heavy atom. The van der Waals surface area contributed by atoms with E-state index >= 15 is 0 Å². The molecular weight excluding hydrogens is 450 g/mol. The average molecular weight is 470 g/mol. The highest BCUT2D eigenvalue weighted by atomic mass is 35.5. The third-order valence-electron chi connectivity index (χ3n) is 5.30. The Kier molecular flexibility index (Phi) is 6.41. The first-order valence-corrected chi connectivity index (χ1v) is 11.8. The smallest absolute Gasteiger partial charge is 0.338 e. The van der Waals surface area contributed by atoms with Crippen LogP contribution in [0.4, 0.5) is 0 Å². The molecule has 0 aliphatic carbocycles. The number of sulfonamides is 1. The van der Waals surface area contributed by atoms with Gasteiger partial charge < -0.3 is 4.74 Å². The molecule has 0 aromatic heterocycles. The molecule has 0 spiro atoms. The number of ether oxygens (including phenoxy) is 1. The Morgan fingerprint density at radius 3 is 2.38 bits per heavy atom. The van der Waals surface area contributed by atoms with Crippen LogP contribution < -0.4 is 0 Å². The van der Waals surface area contributed by atoms with Gasteiger partial charge in [-0.1, -0.05) is 41.9 Å². The van der Waals surface area contributed by atoms with Crippen molar-refractivity contribution in [2.24, 2.45) is 0 Å². The summed E-state index contributed by atoms with van der Waals surface area (Å²) >= 11 is 5.81. The molecule has 8 heteroatoms. The second-order valence-corrected chi connectivity index (χ2v) is 9.77. The lowest BCUT2D eigenvalue weighted by Crippen LogP contribution is -2.36. The predicted molar refractivity (Wildman–Crippen MR) is 120 cm³/mol. The maximum absolute atomic E-state index is 13.2. The van der Waals surface area contributed by atoms with E-state index in [2.05, 4.69) is 0 Å². The van der Waals surface area contributed by atoms with Crippen LogP contribution in [0.5, 0.6) is 0 Å². The molecule has 3 aromatic rings. The predicted octanol–water partition coefficient (Wildman–Crippen LogP) is 4.13. The van der Waals surface area contributed by atoms with Gasteiger partial charge in [0, 0.05) is 23.7 Å². The van der Waals surface area contributed by atoms with Crippen molar-refractivity contribution in [3.63, 3.8) is 0 Å². The van der Waals surface area contributed by atoms with Crippen LogP contribution in [-0.4, -0.2) is 37.6 Å². The van der Waals surface area contributed by atoms with Gasteiger partial charge in [0.2, 0.25) is 10.0 Å². The van der Waals surface area contributed by atoms with Crippen molar-refractivity contribution in [2.75, 3.05) is 13.2 Å². The summed E-state index contributed by atoms with van der Waals surface area (Å²) < 4.78 is 32.8. The number of esters is 1. The van der Waals surface area contributed by atoms with Gasteiger partial charge in [-0.05, 0) is 60.0 Å². The highest BCUT2D eigenvalue weighted by Gasteiger charge is 2.28. The first-order chi connectivity index (χ1) is 15.3. The number of benzene rings is 3. The molecule has 0 N–H and O–H groups in total. The van der Waals surface area contributed by atoms with Crippen molar-refractivity contribution in [3.8, 4) is 0 Å². The summed E-state index contributed by atoms with van der Waals surface area (Å²) in [5.41, 5.74) is 2.54. The molecule has 0 atom stereocenters. The average Bonchev–Trinajstić information content (AvgIpc) is 2.82. The van der Waals surface area contributed by atoms with Crippen molar-refractivity contribution >= 4 is 33.4 Å². The van der Waals surface area contributed by atoms with Gasteiger partial charge in [-0.3, -0.25) is 4.79 Å². The lowest BCUT2D eigenvalue weighted by molar-refractivity contribution is 0.0474. The first kappa shape index (κ1) is 22.2. The second kappa shape index (κ2) is 9.24. The minimum Gasteiger partial charge on any atom is -0.454 e. The van der Waals surface area contributed by atoms with E-state index in [-0.39, 0.29) is 22.8 Å². The van der Waals surface area contributed by atoms with Crippen LogP contribution >= 0.6 is 11.6 Å². The van der Waals surface area contributed by atoms with E-state index in [1.54, 1.807) is 24.3 Å². The maximum Gasteiger partial charge on any atom is 0.338 e. The van der Waals surface area contributed by atoms with Gasteiger partial charge in [0.25, 0.3) is 0 Å². The van der Waals surface area contributed by atoms with Crippen molar-refractivity contribution in [2.45, 2.75) is 17.9 Å². The minimum absolute atomic E-state index is 0.00959. The summed E-state index contributed by atoms with van der Waals surface area (Å²) in [6.07, 6.45) is 0.629. The molecule has 6 nitrogen and oxygen atoms in total. The van der Waals surface area contributed by atoms with Gasteiger partial charge in [0.05, 0.1) is 10.5 Å². The first-order valence-electron chi connectivity index (χ1n) is 9.97. The van der Waals surface area contributed by atoms with Crippen LogP contribution in [0.1, 0.15) is 31.8 Å². The summed E-state index contributed by atoms with van der Waals surface area (Å²) in [5.74, 6) is -1.15. The van der Waals surface area contributed by atoms with Crippen LogP contribution in [0.3, 0.4) is 0 Å². The Balaban J connectivity index is 1.46. The number of rotatable bonds is 6. The van der Waals surface area contributed by atoms with Gasteiger partial charge in [-0.15, -0.1) is 0 Å². The number of fused-ring (bicyclic) bond motifs is 1. The fourth-order valence-electron chi connectivity index (χ4n) is 3.54. The number of Topliss-reactive ketones (excluding diaryl/α,β-unsaturated/α-hetero) is 1. The Bertz CT molecular complexity index is 1270. The lowest BCUT2D eigenvalue weighted by atomic mass is 10.0. The van der Waals surface area contributed by atoms with Crippen molar-refractivity contribution < 1.29 is 22.7 Å². The molecule has 3 aromatic carbocycles. The number of nitrogens with zero attached hydrogens (tertiary/aromatic N) is 1. The zero-order valence-corrected chi connectivity index (χ0v) is 18.6. The third-order valence-corrected chi connectivity index (χ3v) is 7.40. The van der Waals surface area contributed by atoms with Crippen LogP contribution in [-0.2, 0) is 27.7 Å². The molecule has 1 aliphatic heterocycles. The Morgan fingerprint density at radius 2 is 1.62 bits per heavy atom. The molecule has 32 heavy (non-hydrogen) atoms. The number of carbonyl (C=O) groups is 2. The van der Waals surface area contributed by atoms with E-state index in [4.69, 9.17) is 16.3 Å². The largest absolute Gasteiger partial charge is 0.454 e. The molecule has 0 radical (unpaired) electrons. The highest BCUT2D eigenvalue weighted by Crippen LogP contribution is 2.25. The van der Waals surface area contributed by atoms with Crippen molar-refractivity contribution in [1.29, 1.82) is 0 Å². The number of hydrogen-bond donors (Lipinski definition) is 0. The number of ketones is 1.